The number of carbonyl (C=O) groups is 2. The zero-order valence-corrected chi connectivity index (χ0v) is 18.6. The second-order valence-electron chi connectivity index (χ2n) is 7.27. The molecule has 0 radical (unpaired) electrons. The third kappa shape index (κ3) is 4.60. The average Bonchev–Trinajstić information content (AvgIpc) is 2.79. The molecule has 0 bridgehead atoms. The monoisotopic (exact) mass is 482 g/mol. The van der Waals surface area contributed by atoms with Crippen molar-refractivity contribution in [3.8, 4) is 11.3 Å². The van der Waals surface area contributed by atoms with Crippen LogP contribution in [-0.2, 0) is 11.2 Å². The SMILES string of the molecule is O=C(N[C@@H](Cc1ccc(-c2cccc[n+]2O)c2cccnc12)C(=O)O)c1c(Cl)cccc1Cl. The van der Waals surface area contributed by atoms with Crippen molar-refractivity contribution in [3.63, 3.8) is 0 Å². The molecular weight excluding hydrogens is 465 g/mol. The Morgan fingerprint density at radius 2 is 1.76 bits per heavy atom. The molecule has 0 aliphatic carbocycles. The van der Waals surface area contributed by atoms with Gasteiger partial charge in [-0.25, -0.2) is 4.79 Å². The number of nitrogens with one attached hydrogen (secondary N) is 1. The fraction of sp³-hybridized carbons (Fsp3) is 0.0833. The molecule has 2 aromatic carbocycles. The molecule has 4 aromatic rings. The van der Waals surface area contributed by atoms with Crippen LogP contribution in [0.1, 0.15) is 15.9 Å². The maximum atomic E-state index is 12.7. The number of hydrogen-bond acceptors (Lipinski definition) is 4. The van der Waals surface area contributed by atoms with E-state index in [9.17, 15) is 19.9 Å². The van der Waals surface area contributed by atoms with Crippen molar-refractivity contribution < 1.29 is 24.6 Å². The summed E-state index contributed by atoms with van der Waals surface area (Å²) in [5.74, 6) is -1.89. The minimum atomic E-state index is -1.25. The van der Waals surface area contributed by atoms with Gasteiger partial charge in [0.25, 0.3) is 11.6 Å². The van der Waals surface area contributed by atoms with Crippen molar-refractivity contribution in [2.24, 2.45) is 0 Å². The molecule has 0 unspecified atom stereocenters. The maximum absolute atomic E-state index is 12.7. The summed E-state index contributed by atoms with van der Waals surface area (Å²) in [6.07, 6.45) is 3.09. The Hall–Kier alpha value is -3.68. The van der Waals surface area contributed by atoms with Crippen LogP contribution in [0.3, 0.4) is 0 Å². The first-order chi connectivity index (χ1) is 15.9. The highest BCUT2D eigenvalue weighted by atomic mass is 35.5. The predicted octanol–water partition coefficient (Wildman–Crippen LogP) is 4.16. The van der Waals surface area contributed by atoms with Gasteiger partial charge in [0.05, 0.1) is 26.7 Å². The second kappa shape index (κ2) is 9.44. The Morgan fingerprint density at radius 1 is 1.00 bits per heavy atom. The number of aromatic nitrogens is 2. The molecule has 9 heteroatoms. The van der Waals surface area contributed by atoms with Crippen LogP contribution in [0.4, 0.5) is 0 Å². The average molecular weight is 483 g/mol. The van der Waals surface area contributed by atoms with E-state index in [2.05, 4.69) is 10.3 Å². The number of pyridine rings is 2. The first-order valence-electron chi connectivity index (χ1n) is 9.91. The molecule has 0 fully saturated rings. The summed E-state index contributed by atoms with van der Waals surface area (Å²) in [5.41, 5.74) is 2.48. The van der Waals surface area contributed by atoms with Crippen molar-refractivity contribution in [3.05, 3.63) is 94.2 Å². The number of aliphatic carboxylic acids is 1. The lowest BCUT2D eigenvalue weighted by molar-refractivity contribution is -0.896. The molecule has 0 spiro atoms. The van der Waals surface area contributed by atoms with Crippen LogP contribution in [-0.4, -0.2) is 33.2 Å². The largest absolute Gasteiger partial charge is 0.480 e. The lowest BCUT2D eigenvalue weighted by atomic mass is 9.97. The van der Waals surface area contributed by atoms with E-state index in [1.54, 1.807) is 48.7 Å². The third-order valence-corrected chi connectivity index (χ3v) is 5.82. The smallest absolute Gasteiger partial charge is 0.326 e. The normalized spacial score (nSPS) is 11.8. The fourth-order valence-corrected chi connectivity index (χ4v) is 4.20. The van der Waals surface area contributed by atoms with Gasteiger partial charge in [-0.3, -0.25) is 15.0 Å². The number of amides is 1. The summed E-state index contributed by atoms with van der Waals surface area (Å²) >= 11 is 12.2. The quantitative estimate of drug-likeness (QED) is 0.282. The van der Waals surface area contributed by atoms with E-state index < -0.39 is 17.9 Å². The van der Waals surface area contributed by atoms with Gasteiger partial charge in [-0.1, -0.05) is 41.4 Å². The summed E-state index contributed by atoms with van der Waals surface area (Å²) in [7, 11) is 0. The first kappa shape index (κ1) is 22.5. The van der Waals surface area contributed by atoms with Gasteiger partial charge >= 0.3 is 5.97 Å². The Bertz CT molecular complexity index is 1360. The molecule has 0 saturated carbocycles. The predicted molar refractivity (Wildman–Crippen MR) is 124 cm³/mol. The van der Waals surface area contributed by atoms with Crippen LogP contribution in [0.2, 0.25) is 10.0 Å². The highest BCUT2D eigenvalue weighted by Gasteiger charge is 2.25. The van der Waals surface area contributed by atoms with E-state index in [4.69, 9.17) is 23.2 Å². The van der Waals surface area contributed by atoms with Gasteiger partial charge < -0.3 is 10.4 Å². The van der Waals surface area contributed by atoms with E-state index in [0.29, 0.717) is 16.8 Å². The van der Waals surface area contributed by atoms with Crippen LogP contribution in [0.15, 0.2) is 73.1 Å². The van der Waals surface area contributed by atoms with Gasteiger partial charge in [0.2, 0.25) is 6.20 Å². The van der Waals surface area contributed by atoms with Crippen molar-refractivity contribution in [2.45, 2.75) is 12.5 Å². The van der Waals surface area contributed by atoms with E-state index in [1.807, 2.05) is 6.07 Å². The molecule has 1 amide bonds. The van der Waals surface area contributed by atoms with Gasteiger partial charge in [-0.2, -0.15) is 0 Å². The van der Waals surface area contributed by atoms with Crippen LogP contribution in [0.25, 0.3) is 22.2 Å². The molecule has 33 heavy (non-hydrogen) atoms. The van der Waals surface area contributed by atoms with Gasteiger partial charge in [0.15, 0.2) is 0 Å². The van der Waals surface area contributed by atoms with Gasteiger partial charge in [0, 0.05) is 34.9 Å². The van der Waals surface area contributed by atoms with E-state index in [0.717, 1.165) is 15.7 Å². The maximum Gasteiger partial charge on any atom is 0.326 e. The van der Waals surface area contributed by atoms with Crippen LogP contribution in [0, 0.1) is 0 Å². The number of nitrogens with zero attached hydrogens (tertiary/aromatic N) is 2. The van der Waals surface area contributed by atoms with Crippen molar-refractivity contribution in [2.75, 3.05) is 0 Å². The van der Waals surface area contributed by atoms with Crippen molar-refractivity contribution in [1.82, 2.24) is 10.3 Å². The summed E-state index contributed by atoms with van der Waals surface area (Å²) in [4.78, 5) is 29.2. The first-order valence-corrected chi connectivity index (χ1v) is 10.7. The molecule has 0 aliphatic rings. The number of halogens is 2. The molecule has 3 N–H and O–H groups in total. The molecule has 2 heterocycles. The van der Waals surface area contributed by atoms with Crippen LogP contribution < -0.4 is 10.0 Å². The summed E-state index contributed by atoms with van der Waals surface area (Å²) in [5, 5.41) is 23.5. The summed E-state index contributed by atoms with van der Waals surface area (Å²) in [6.45, 7) is 0. The molecule has 7 nitrogen and oxygen atoms in total. The van der Waals surface area contributed by atoms with Gasteiger partial charge in [-0.05, 0) is 35.9 Å². The topological polar surface area (TPSA) is 103 Å². The van der Waals surface area contributed by atoms with E-state index in [1.165, 1.54) is 18.3 Å². The number of hydrogen-bond donors (Lipinski definition) is 3. The third-order valence-electron chi connectivity index (χ3n) is 5.19. The Labute approximate surface area is 198 Å². The number of carboxylic acids is 1. The second-order valence-corrected chi connectivity index (χ2v) is 8.08. The van der Waals surface area contributed by atoms with Crippen molar-refractivity contribution in [1.29, 1.82) is 0 Å². The Kier molecular flexibility index (Phi) is 6.44. The summed E-state index contributed by atoms with van der Waals surface area (Å²) < 4.78 is 1.01. The number of benzene rings is 2. The highest BCUT2D eigenvalue weighted by Crippen LogP contribution is 2.29. The zero-order chi connectivity index (χ0) is 23.5. The highest BCUT2D eigenvalue weighted by molar-refractivity contribution is 6.39. The van der Waals surface area contributed by atoms with Gasteiger partial charge in [0.1, 0.15) is 6.04 Å². The van der Waals surface area contributed by atoms with Crippen LogP contribution in [0.5, 0.6) is 0 Å². The number of fused-ring (bicyclic) bond motifs is 1. The Balaban J connectivity index is 1.70. The van der Waals surface area contributed by atoms with E-state index >= 15 is 0 Å². The molecular formula is C24H18Cl2N3O4+. The minimum absolute atomic E-state index is 0.0157. The number of carboxylic acid groups (broad SMARTS) is 1. The lowest BCUT2D eigenvalue weighted by Crippen LogP contribution is -2.42. The molecule has 0 saturated heterocycles. The van der Waals surface area contributed by atoms with Gasteiger partial charge in [-0.15, -0.1) is 0 Å². The zero-order valence-electron chi connectivity index (χ0n) is 17.1. The number of rotatable bonds is 6. The molecule has 1 atom stereocenters. The molecule has 2 aromatic heterocycles. The fourth-order valence-electron chi connectivity index (χ4n) is 3.63. The van der Waals surface area contributed by atoms with Crippen molar-refractivity contribution >= 4 is 46.0 Å². The lowest BCUT2D eigenvalue weighted by Gasteiger charge is -2.17. The van der Waals surface area contributed by atoms with E-state index in [-0.39, 0.29) is 22.0 Å². The summed E-state index contributed by atoms with van der Waals surface area (Å²) in [6, 6.07) is 15.7. The Morgan fingerprint density at radius 3 is 2.45 bits per heavy atom. The standard InChI is InChI=1S/C24H17Cl2N3O4/c25-17-6-3-7-18(26)21(17)23(30)28-19(24(31)32)13-14-9-10-15(16-5-4-11-27-22(14)16)20-8-1-2-12-29(20)33/h1-12,19H,13H2,(H2-,27,28,30,31,32,33)/p+1/t19-/m0/s1. The number of carbonyl (C=O) groups excluding carboxylic acids is 1. The molecule has 166 valence electrons. The minimum Gasteiger partial charge on any atom is -0.480 e. The van der Waals surface area contributed by atoms with Crippen LogP contribution >= 0.6 is 23.2 Å². The molecule has 0 aliphatic heterocycles. The molecule has 4 rings (SSSR count).